The smallest absolute Gasteiger partial charge is 0.322 e. The van der Waals surface area contributed by atoms with Crippen LogP contribution >= 0.6 is 0 Å². The predicted octanol–water partition coefficient (Wildman–Crippen LogP) is 1.88. The van der Waals surface area contributed by atoms with Crippen LogP contribution in [0.4, 0.5) is 10.5 Å². The zero-order valence-electron chi connectivity index (χ0n) is 17.4. The van der Waals surface area contributed by atoms with Crippen molar-refractivity contribution in [3.8, 4) is 11.1 Å². The van der Waals surface area contributed by atoms with Crippen LogP contribution in [-0.4, -0.2) is 35.3 Å². The molecule has 0 spiro atoms. The SMILES string of the molecule is CC(=O)Nc1cccc(-c2ccc3c(c2)CC(NC(=O)CC2(C)NC(=O)NC2=O)C3)c1. The van der Waals surface area contributed by atoms with Crippen LogP contribution in [-0.2, 0) is 27.2 Å². The fourth-order valence-electron chi connectivity index (χ4n) is 4.18. The molecule has 2 unspecified atom stereocenters. The zero-order valence-corrected chi connectivity index (χ0v) is 17.4. The van der Waals surface area contributed by atoms with Crippen molar-refractivity contribution in [2.75, 3.05) is 5.32 Å². The monoisotopic (exact) mass is 420 g/mol. The van der Waals surface area contributed by atoms with Gasteiger partial charge >= 0.3 is 6.03 Å². The van der Waals surface area contributed by atoms with Crippen molar-refractivity contribution >= 4 is 29.4 Å². The molecule has 5 amide bonds. The molecule has 0 radical (unpaired) electrons. The van der Waals surface area contributed by atoms with Gasteiger partial charge in [-0.25, -0.2) is 4.79 Å². The van der Waals surface area contributed by atoms with Gasteiger partial charge in [-0.05, 0) is 54.2 Å². The molecule has 0 bridgehead atoms. The Bertz CT molecular complexity index is 1100. The lowest BCUT2D eigenvalue weighted by molar-refractivity contribution is -0.129. The summed E-state index contributed by atoms with van der Waals surface area (Å²) in [7, 11) is 0. The number of hydrogen-bond donors (Lipinski definition) is 4. The predicted molar refractivity (Wildman–Crippen MR) is 115 cm³/mol. The molecule has 1 heterocycles. The van der Waals surface area contributed by atoms with Crippen molar-refractivity contribution in [2.45, 2.75) is 44.7 Å². The Morgan fingerprint density at radius 3 is 2.52 bits per heavy atom. The van der Waals surface area contributed by atoms with Crippen molar-refractivity contribution in [3.05, 3.63) is 53.6 Å². The number of imide groups is 1. The Balaban J connectivity index is 1.42. The van der Waals surface area contributed by atoms with E-state index in [-0.39, 0.29) is 24.3 Å². The first-order chi connectivity index (χ1) is 14.7. The quantitative estimate of drug-likeness (QED) is 0.553. The van der Waals surface area contributed by atoms with E-state index >= 15 is 0 Å². The van der Waals surface area contributed by atoms with Gasteiger partial charge in [-0.1, -0.05) is 30.3 Å². The molecule has 4 N–H and O–H groups in total. The molecule has 8 nitrogen and oxygen atoms in total. The normalized spacial score (nSPS) is 21.8. The molecule has 1 saturated heterocycles. The molecular formula is C23H24N4O4. The maximum Gasteiger partial charge on any atom is 0.322 e. The van der Waals surface area contributed by atoms with Gasteiger partial charge in [-0.15, -0.1) is 0 Å². The number of nitrogens with one attached hydrogen (secondary N) is 4. The highest BCUT2D eigenvalue weighted by Crippen LogP contribution is 2.30. The van der Waals surface area contributed by atoms with E-state index < -0.39 is 17.5 Å². The van der Waals surface area contributed by atoms with Gasteiger partial charge in [-0.2, -0.15) is 0 Å². The van der Waals surface area contributed by atoms with Gasteiger partial charge in [0.2, 0.25) is 11.8 Å². The summed E-state index contributed by atoms with van der Waals surface area (Å²) in [5.41, 5.74) is 3.88. The number of carbonyl (C=O) groups excluding carboxylic acids is 4. The second-order valence-electron chi connectivity index (χ2n) is 8.34. The van der Waals surface area contributed by atoms with E-state index in [1.165, 1.54) is 19.4 Å². The van der Waals surface area contributed by atoms with Crippen LogP contribution < -0.4 is 21.3 Å². The van der Waals surface area contributed by atoms with Gasteiger partial charge in [0, 0.05) is 18.7 Å². The van der Waals surface area contributed by atoms with E-state index in [1.54, 1.807) is 0 Å². The number of hydrogen-bond acceptors (Lipinski definition) is 4. The molecular weight excluding hydrogens is 396 g/mol. The van der Waals surface area contributed by atoms with Gasteiger partial charge in [0.05, 0.1) is 6.42 Å². The summed E-state index contributed by atoms with van der Waals surface area (Å²) in [5.74, 6) is -0.887. The van der Waals surface area contributed by atoms with Gasteiger partial charge in [0.1, 0.15) is 5.54 Å². The number of benzene rings is 2. The highest BCUT2D eigenvalue weighted by atomic mass is 16.2. The van der Waals surface area contributed by atoms with Crippen LogP contribution in [0.5, 0.6) is 0 Å². The molecule has 0 saturated carbocycles. The average molecular weight is 420 g/mol. The van der Waals surface area contributed by atoms with Crippen LogP contribution in [0, 0.1) is 0 Å². The largest absolute Gasteiger partial charge is 0.353 e. The second-order valence-corrected chi connectivity index (χ2v) is 8.34. The van der Waals surface area contributed by atoms with Crippen LogP contribution in [0.15, 0.2) is 42.5 Å². The Morgan fingerprint density at radius 2 is 1.81 bits per heavy atom. The maximum atomic E-state index is 12.5. The summed E-state index contributed by atoms with van der Waals surface area (Å²) < 4.78 is 0. The minimum absolute atomic E-state index is 0.0628. The molecule has 4 rings (SSSR count). The summed E-state index contributed by atoms with van der Waals surface area (Å²) >= 11 is 0. The highest BCUT2D eigenvalue weighted by molar-refractivity contribution is 6.08. The van der Waals surface area contributed by atoms with Crippen LogP contribution in [0.2, 0.25) is 0 Å². The lowest BCUT2D eigenvalue weighted by atomic mass is 9.97. The fraction of sp³-hybridized carbons (Fsp3) is 0.304. The number of amides is 5. The summed E-state index contributed by atoms with van der Waals surface area (Å²) in [6.07, 6.45) is 1.29. The molecule has 1 fully saturated rings. The third kappa shape index (κ3) is 4.42. The molecule has 2 atom stereocenters. The van der Waals surface area contributed by atoms with Gasteiger partial charge in [0.15, 0.2) is 0 Å². The van der Waals surface area contributed by atoms with E-state index in [0.717, 1.165) is 22.4 Å². The third-order valence-corrected chi connectivity index (χ3v) is 5.65. The molecule has 0 aromatic heterocycles. The molecule has 2 aliphatic rings. The van der Waals surface area contributed by atoms with E-state index in [0.29, 0.717) is 12.8 Å². The fourth-order valence-corrected chi connectivity index (χ4v) is 4.18. The first-order valence-corrected chi connectivity index (χ1v) is 10.1. The molecule has 2 aromatic rings. The van der Waals surface area contributed by atoms with E-state index in [2.05, 4.69) is 33.4 Å². The van der Waals surface area contributed by atoms with E-state index in [4.69, 9.17) is 0 Å². The van der Waals surface area contributed by atoms with Gasteiger partial charge in [0.25, 0.3) is 5.91 Å². The molecule has 1 aliphatic heterocycles. The first-order valence-electron chi connectivity index (χ1n) is 10.1. The van der Waals surface area contributed by atoms with Crippen LogP contribution in [0.3, 0.4) is 0 Å². The Labute approximate surface area is 179 Å². The summed E-state index contributed by atoms with van der Waals surface area (Å²) in [5, 5.41) is 10.5. The topological polar surface area (TPSA) is 116 Å². The number of carbonyl (C=O) groups is 4. The van der Waals surface area contributed by atoms with Crippen LogP contribution in [0.25, 0.3) is 11.1 Å². The van der Waals surface area contributed by atoms with E-state index in [9.17, 15) is 19.2 Å². The maximum absolute atomic E-state index is 12.5. The third-order valence-electron chi connectivity index (χ3n) is 5.65. The average Bonchev–Trinajstić information content (AvgIpc) is 3.19. The van der Waals surface area contributed by atoms with Crippen molar-refractivity contribution in [1.29, 1.82) is 0 Å². The van der Waals surface area contributed by atoms with Crippen LogP contribution in [0.1, 0.15) is 31.4 Å². The minimum Gasteiger partial charge on any atom is -0.353 e. The summed E-state index contributed by atoms with van der Waals surface area (Å²) in [4.78, 5) is 47.1. The lowest BCUT2D eigenvalue weighted by Crippen LogP contribution is -2.49. The minimum atomic E-state index is -1.22. The van der Waals surface area contributed by atoms with Crippen molar-refractivity contribution in [2.24, 2.45) is 0 Å². The van der Waals surface area contributed by atoms with Crippen molar-refractivity contribution in [3.63, 3.8) is 0 Å². The highest BCUT2D eigenvalue weighted by Gasteiger charge is 2.43. The standard InChI is InChI=1S/C23H24N4O4/c1-13(28)24-18-5-3-4-14(9-18)15-6-7-16-10-19(11-17(16)8-15)25-20(29)12-23(2)21(30)26-22(31)27-23/h3-9,19H,10-12H2,1-2H3,(H,24,28)(H,25,29)(H2,26,27,30,31). The Hall–Kier alpha value is -3.68. The molecule has 160 valence electrons. The van der Waals surface area contributed by atoms with E-state index in [1.807, 2.05) is 30.3 Å². The zero-order chi connectivity index (χ0) is 22.2. The van der Waals surface area contributed by atoms with Gasteiger partial charge in [-0.3, -0.25) is 19.7 Å². The summed E-state index contributed by atoms with van der Waals surface area (Å²) in [6.45, 7) is 3.02. The number of anilines is 1. The van der Waals surface area contributed by atoms with Crippen molar-refractivity contribution < 1.29 is 19.2 Å². The Morgan fingerprint density at radius 1 is 1.06 bits per heavy atom. The van der Waals surface area contributed by atoms with Gasteiger partial charge < -0.3 is 16.0 Å². The number of fused-ring (bicyclic) bond motifs is 1. The molecule has 31 heavy (non-hydrogen) atoms. The number of rotatable bonds is 5. The first kappa shape index (κ1) is 20.6. The molecule has 1 aliphatic carbocycles. The lowest BCUT2D eigenvalue weighted by Gasteiger charge is -2.21. The Kier molecular flexibility index (Phi) is 5.22. The molecule has 8 heteroatoms. The number of urea groups is 1. The molecule has 2 aromatic carbocycles. The summed E-state index contributed by atoms with van der Waals surface area (Å²) in [6, 6.07) is 13.2. The second kappa shape index (κ2) is 7.86. The van der Waals surface area contributed by atoms with Crippen molar-refractivity contribution in [1.82, 2.24) is 16.0 Å².